The number of aromatic nitrogens is 2. The van der Waals surface area contributed by atoms with Gasteiger partial charge in [-0.15, -0.1) is 0 Å². The maximum atomic E-state index is 10.4. The molecule has 9 heavy (non-hydrogen) atoms. The molecule has 1 aromatic rings. The van der Waals surface area contributed by atoms with Crippen molar-refractivity contribution in [3.8, 4) is 0 Å². The zero-order valence-corrected chi connectivity index (χ0v) is 4.66. The quantitative estimate of drug-likeness (QED) is 0.538. The molecule has 0 atom stereocenters. The molecule has 1 aromatic heterocycles. The number of aliphatic imine (C=N–C) groups is 1. The highest BCUT2D eigenvalue weighted by atomic mass is 16.1. The maximum absolute atomic E-state index is 10.4. The van der Waals surface area contributed by atoms with Crippen LogP contribution in [0.4, 0.5) is 5.82 Å². The second-order valence-corrected chi connectivity index (χ2v) is 1.42. The zero-order chi connectivity index (χ0) is 6.69. The van der Waals surface area contributed by atoms with Crippen molar-refractivity contribution in [2.24, 2.45) is 4.99 Å². The van der Waals surface area contributed by atoms with E-state index in [1.165, 1.54) is 6.20 Å². The lowest BCUT2D eigenvalue weighted by Crippen LogP contribution is -2.06. The van der Waals surface area contributed by atoms with Gasteiger partial charge >= 0.3 is 5.69 Å². The highest BCUT2D eigenvalue weighted by molar-refractivity contribution is 5.37. The van der Waals surface area contributed by atoms with Crippen LogP contribution in [0.25, 0.3) is 0 Å². The molecule has 0 bridgehead atoms. The Kier molecular flexibility index (Phi) is 1.40. The Morgan fingerprint density at radius 3 is 3.00 bits per heavy atom. The molecule has 46 valence electrons. The average molecular weight is 123 g/mol. The van der Waals surface area contributed by atoms with E-state index in [4.69, 9.17) is 0 Å². The van der Waals surface area contributed by atoms with Crippen molar-refractivity contribution < 1.29 is 0 Å². The van der Waals surface area contributed by atoms with E-state index < -0.39 is 5.69 Å². The zero-order valence-electron chi connectivity index (χ0n) is 4.66. The fourth-order valence-electron chi connectivity index (χ4n) is 0.451. The summed E-state index contributed by atoms with van der Waals surface area (Å²) in [6, 6.07) is 1.56. The van der Waals surface area contributed by atoms with Crippen LogP contribution in [-0.4, -0.2) is 16.7 Å². The molecule has 0 saturated heterocycles. The van der Waals surface area contributed by atoms with Crippen LogP contribution in [-0.2, 0) is 0 Å². The van der Waals surface area contributed by atoms with Gasteiger partial charge in [0, 0.05) is 6.20 Å². The summed E-state index contributed by atoms with van der Waals surface area (Å²) in [6.07, 6.45) is 1.38. The van der Waals surface area contributed by atoms with Crippen molar-refractivity contribution in [2.45, 2.75) is 0 Å². The molecule has 0 unspecified atom stereocenters. The lowest BCUT2D eigenvalue weighted by molar-refractivity contribution is 1.07. The van der Waals surface area contributed by atoms with Gasteiger partial charge in [-0.25, -0.2) is 14.8 Å². The molecular formula is C5H5N3O. The Morgan fingerprint density at radius 2 is 2.56 bits per heavy atom. The summed E-state index contributed by atoms with van der Waals surface area (Å²) >= 11 is 0. The van der Waals surface area contributed by atoms with Crippen LogP contribution in [0.2, 0.25) is 0 Å². The number of rotatable bonds is 1. The van der Waals surface area contributed by atoms with Gasteiger partial charge in [0.05, 0.1) is 0 Å². The fraction of sp³-hybridized carbons (Fsp3) is 0. The third-order valence-corrected chi connectivity index (χ3v) is 0.830. The molecule has 1 rings (SSSR count). The van der Waals surface area contributed by atoms with Gasteiger partial charge in [0.1, 0.15) is 5.82 Å². The van der Waals surface area contributed by atoms with Gasteiger partial charge < -0.3 is 0 Å². The Labute approximate surface area is 51.3 Å². The van der Waals surface area contributed by atoms with Crippen LogP contribution in [0.5, 0.6) is 0 Å². The van der Waals surface area contributed by atoms with Gasteiger partial charge in [-0.1, -0.05) is 0 Å². The lowest BCUT2D eigenvalue weighted by Gasteiger charge is -1.85. The fourth-order valence-corrected chi connectivity index (χ4v) is 0.451. The van der Waals surface area contributed by atoms with Crippen LogP contribution in [0.3, 0.4) is 0 Å². The highest BCUT2D eigenvalue weighted by Crippen LogP contribution is 1.97. The monoisotopic (exact) mass is 123 g/mol. The number of hydrogen-bond acceptors (Lipinski definition) is 3. The van der Waals surface area contributed by atoms with Crippen molar-refractivity contribution in [2.75, 3.05) is 0 Å². The van der Waals surface area contributed by atoms with E-state index in [1.54, 1.807) is 6.07 Å². The largest absolute Gasteiger partial charge is 0.346 e. The van der Waals surface area contributed by atoms with E-state index >= 15 is 0 Å². The van der Waals surface area contributed by atoms with Gasteiger partial charge in [-0.2, -0.15) is 0 Å². The normalized spacial score (nSPS) is 8.89. The molecule has 0 aromatic carbocycles. The average Bonchev–Trinajstić information content (AvgIpc) is 1.88. The molecule has 0 aliphatic heterocycles. The van der Waals surface area contributed by atoms with Crippen molar-refractivity contribution in [1.82, 2.24) is 9.97 Å². The van der Waals surface area contributed by atoms with E-state index in [0.29, 0.717) is 5.82 Å². The molecule has 0 saturated carbocycles. The molecule has 4 nitrogen and oxygen atoms in total. The molecule has 0 aliphatic rings. The van der Waals surface area contributed by atoms with Crippen molar-refractivity contribution in [3.05, 3.63) is 22.7 Å². The summed E-state index contributed by atoms with van der Waals surface area (Å²) < 4.78 is 0. The number of hydrogen-bond donors (Lipinski definition) is 1. The summed E-state index contributed by atoms with van der Waals surface area (Å²) in [5, 5.41) is 0. The number of nitrogens with zero attached hydrogens (tertiary/aromatic N) is 2. The first kappa shape index (κ1) is 5.68. The van der Waals surface area contributed by atoms with E-state index in [9.17, 15) is 4.79 Å². The SMILES string of the molecule is C=Nc1ccnc(=O)[nH]1. The molecule has 0 spiro atoms. The van der Waals surface area contributed by atoms with Gasteiger partial charge in [-0.05, 0) is 12.8 Å². The second kappa shape index (κ2) is 2.21. The van der Waals surface area contributed by atoms with Crippen molar-refractivity contribution >= 4 is 12.5 Å². The standard InChI is InChI=1S/C5H5N3O/c1-6-4-2-3-7-5(9)8-4/h2-3H,1H2,(H,7,8,9). The molecule has 0 radical (unpaired) electrons. The lowest BCUT2D eigenvalue weighted by atomic mass is 10.6. The predicted octanol–water partition coefficient (Wildman–Crippen LogP) is 0.102. The molecule has 4 heteroatoms. The number of H-pyrrole nitrogens is 1. The van der Waals surface area contributed by atoms with Crippen LogP contribution in [0, 0.1) is 0 Å². The predicted molar refractivity (Wildman–Crippen MR) is 34.1 cm³/mol. The molecular weight excluding hydrogens is 118 g/mol. The molecule has 0 amide bonds. The Hall–Kier alpha value is -1.45. The van der Waals surface area contributed by atoms with Crippen LogP contribution in [0.15, 0.2) is 22.1 Å². The van der Waals surface area contributed by atoms with E-state index in [2.05, 4.69) is 21.7 Å². The minimum absolute atomic E-state index is 0.403. The third kappa shape index (κ3) is 1.22. The van der Waals surface area contributed by atoms with Crippen LogP contribution >= 0.6 is 0 Å². The van der Waals surface area contributed by atoms with Crippen LogP contribution in [0.1, 0.15) is 0 Å². The van der Waals surface area contributed by atoms with E-state index in [0.717, 1.165) is 0 Å². The topological polar surface area (TPSA) is 58.1 Å². The Bertz CT molecular complexity index is 265. The Balaban J connectivity index is 3.23. The first-order valence-corrected chi connectivity index (χ1v) is 2.35. The van der Waals surface area contributed by atoms with Gasteiger partial charge in [0.15, 0.2) is 0 Å². The third-order valence-electron chi connectivity index (χ3n) is 0.830. The summed E-state index contributed by atoms with van der Waals surface area (Å²) in [5.74, 6) is 0.440. The van der Waals surface area contributed by atoms with Gasteiger partial charge in [0.2, 0.25) is 0 Å². The first-order chi connectivity index (χ1) is 4.33. The van der Waals surface area contributed by atoms with Gasteiger partial charge in [-0.3, -0.25) is 4.98 Å². The molecule has 0 fully saturated rings. The van der Waals surface area contributed by atoms with Gasteiger partial charge in [0.25, 0.3) is 0 Å². The summed E-state index contributed by atoms with van der Waals surface area (Å²) in [4.78, 5) is 19.6. The first-order valence-electron chi connectivity index (χ1n) is 2.35. The maximum Gasteiger partial charge on any atom is 0.346 e. The van der Waals surface area contributed by atoms with Crippen LogP contribution < -0.4 is 5.69 Å². The number of aromatic amines is 1. The highest BCUT2D eigenvalue weighted by Gasteiger charge is 1.84. The molecule has 1 heterocycles. The van der Waals surface area contributed by atoms with Crippen molar-refractivity contribution in [3.63, 3.8) is 0 Å². The molecule has 0 aliphatic carbocycles. The minimum atomic E-state index is -0.403. The summed E-state index contributed by atoms with van der Waals surface area (Å²) in [5.41, 5.74) is -0.403. The minimum Gasteiger partial charge on any atom is -0.290 e. The number of nitrogens with one attached hydrogen (secondary N) is 1. The van der Waals surface area contributed by atoms with E-state index in [-0.39, 0.29) is 0 Å². The second-order valence-electron chi connectivity index (χ2n) is 1.42. The Morgan fingerprint density at radius 1 is 1.78 bits per heavy atom. The summed E-state index contributed by atoms with van der Waals surface area (Å²) in [6.45, 7) is 3.22. The van der Waals surface area contributed by atoms with Crippen molar-refractivity contribution in [1.29, 1.82) is 0 Å². The van der Waals surface area contributed by atoms with E-state index in [1.807, 2.05) is 0 Å². The molecule has 1 N–H and O–H groups in total. The smallest absolute Gasteiger partial charge is 0.290 e. The summed E-state index contributed by atoms with van der Waals surface area (Å²) in [7, 11) is 0.